The molecule has 6 nitrogen and oxygen atoms in total. The molecule has 1 aliphatic rings. The third-order valence-corrected chi connectivity index (χ3v) is 4.31. The van der Waals surface area contributed by atoms with E-state index < -0.39 is 11.5 Å². The van der Waals surface area contributed by atoms with Gasteiger partial charge in [0, 0.05) is 11.3 Å². The topological polar surface area (TPSA) is 80.9 Å². The summed E-state index contributed by atoms with van der Waals surface area (Å²) in [4.78, 5) is 12.6. The number of hydrogen-bond acceptors (Lipinski definition) is 5. The van der Waals surface area contributed by atoms with Crippen LogP contribution in [0.1, 0.15) is 30.0 Å². The summed E-state index contributed by atoms with van der Waals surface area (Å²) < 4.78 is 1.50. The van der Waals surface area contributed by atoms with Gasteiger partial charge in [-0.15, -0.1) is 16.4 Å². The summed E-state index contributed by atoms with van der Waals surface area (Å²) in [5.74, 6) is -0.215. The Hall–Kier alpha value is -1.76. The summed E-state index contributed by atoms with van der Waals surface area (Å²) in [7, 11) is 0. The first-order chi connectivity index (χ1) is 8.72. The van der Waals surface area contributed by atoms with Crippen LogP contribution >= 0.6 is 11.3 Å². The molecule has 1 fully saturated rings. The molecule has 3 rings (SSSR count). The minimum Gasteiger partial charge on any atom is -0.479 e. The molecule has 1 N–H and O–H groups in total. The van der Waals surface area contributed by atoms with Crippen LogP contribution < -0.4 is 0 Å². The van der Waals surface area contributed by atoms with Crippen molar-refractivity contribution < 1.29 is 9.90 Å². The number of carbonyl (C=O) groups is 1. The summed E-state index contributed by atoms with van der Waals surface area (Å²) >= 11 is 1.62. The van der Waals surface area contributed by atoms with E-state index in [2.05, 4.69) is 15.5 Å². The van der Waals surface area contributed by atoms with E-state index in [1.165, 1.54) is 4.68 Å². The van der Waals surface area contributed by atoms with Crippen molar-refractivity contribution in [3.8, 4) is 0 Å². The molecular formula is C11H12N4O2S. The number of carboxylic acids is 1. The quantitative estimate of drug-likeness (QED) is 0.900. The Kier molecular flexibility index (Phi) is 2.62. The molecule has 0 spiro atoms. The number of rotatable bonds is 4. The van der Waals surface area contributed by atoms with Crippen LogP contribution in [0.15, 0.2) is 17.5 Å². The fourth-order valence-corrected chi connectivity index (χ4v) is 2.95. The predicted octanol–water partition coefficient (Wildman–Crippen LogP) is 1.29. The van der Waals surface area contributed by atoms with Gasteiger partial charge in [0.15, 0.2) is 11.4 Å². The first kappa shape index (κ1) is 11.3. The minimum absolute atomic E-state index is 0.583. The maximum absolute atomic E-state index is 11.4. The smallest absolute Gasteiger partial charge is 0.331 e. The maximum Gasteiger partial charge on any atom is 0.331 e. The average Bonchev–Trinajstić information content (AvgIpc) is 2.89. The van der Waals surface area contributed by atoms with Gasteiger partial charge in [-0.2, -0.15) is 0 Å². The van der Waals surface area contributed by atoms with Crippen LogP contribution in [0.5, 0.6) is 0 Å². The molecule has 7 heteroatoms. The Balaban J connectivity index is 1.94. The van der Waals surface area contributed by atoms with E-state index in [0.717, 1.165) is 11.3 Å². The lowest BCUT2D eigenvalue weighted by Gasteiger charge is -2.37. The highest BCUT2D eigenvalue weighted by Crippen LogP contribution is 2.39. The maximum atomic E-state index is 11.4. The van der Waals surface area contributed by atoms with E-state index in [4.69, 9.17) is 0 Å². The monoisotopic (exact) mass is 264 g/mol. The molecule has 2 aromatic heterocycles. The van der Waals surface area contributed by atoms with Gasteiger partial charge in [-0.3, -0.25) is 0 Å². The Morgan fingerprint density at radius 2 is 2.39 bits per heavy atom. The van der Waals surface area contributed by atoms with E-state index in [1.54, 1.807) is 11.3 Å². The van der Waals surface area contributed by atoms with Gasteiger partial charge in [-0.05, 0) is 41.1 Å². The van der Waals surface area contributed by atoms with Crippen LogP contribution in [-0.2, 0) is 16.8 Å². The van der Waals surface area contributed by atoms with Crippen LogP contribution in [0.4, 0.5) is 0 Å². The van der Waals surface area contributed by atoms with Gasteiger partial charge < -0.3 is 5.11 Å². The van der Waals surface area contributed by atoms with E-state index in [1.807, 2.05) is 17.5 Å². The average molecular weight is 264 g/mol. The summed E-state index contributed by atoms with van der Waals surface area (Å²) in [6, 6.07) is 3.96. The van der Waals surface area contributed by atoms with Crippen LogP contribution in [0, 0.1) is 0 Å². The van der Waals surface area contributed by atoms with Gasteiger partial charge in [0.25, 0.3) is 0 Å². The number of aliphatic carboxylic acids is 1. The van der Waals surface area contributed by atoms with Crippen LogP contribution in [0.3, 0.4) is 0 Å². The van der Waals surface area contributed by atoms with Crippen molar-refractivity contribution in [1.29, 1.82) is 0 Å². The Morgan fingerprint density at radius 1 is 1.56 bits per heavy atom. The zero-order chi connectivity index (χ0) is 12.6. The van der Waals surface area contributed by atoms with Gasteiger partial charge in [-0.25, -0.2) is 9.48 Å². The zero-order valence-corrected chi connectivity index (χ0v) is 10.4. The fourth-order valence-electron chi connectivity index (χ4n) is 2.25. The Bertz CT molecular complexity index is 559. The molecule has 2 heterocycles. The van der Waals surface area contributed by atoms with Crippen molar-refractivity contribution in [1.82, 2.24) is 20.2 Å². The predicted molar refractivity (Wildman–Crippen MR) is 64.4 cm³/mol. The van der Waals surface area contributed by atoms with Gasteiger partial charge in [0.2, 0.25) is 0 Å². The lowest BCUT2D eigenvalue weighted by atomic mass is 9.77. The summed E-state index contributed by atoms with van der Waals surface area (Å²) in [5, 5.41) is 22.9. The Morgan fingerprint density at radius 3 is 2.94 bits per heavy atom. The summed E-state index contributed by atoms with van der Waals surface area (Å²) in [6.07, 6.45) is 2.69. The van der Waals surface area contributed by atoms with E-state index in [-0.39, 0.29) is 0 Å². The normalized spacial score (nSPS) is 17.3. The van der Waals surface area contributed by atoms with Crippen molar-refractivity contribution in [2.45, 2.75) is 31.2 Å². The van der Waals surface area contributed by atoms with Crippen molar-refractivity contribution in [3.05, 3.63) is 28.2 Å². The number of tetrazole rings is 1. The second-order valence-corrected chi connectivity index (χ2v) is 5.49. The molecule has 0 radical (unpaired) electrons. The first-order valence-electron chi connectivity index (χ1n) is 5.76. The molecule has 18 heavy (non-hydrogen) atoms. The second kappa shape index (κ2) is 4.16. The highest BCUT2D eigenvalue weighted by Gasteiger charge is 2.48. The number of nitrogens with zero attached hydrogens (tertiary/aromatic N) is 4. The van der Waals surface area contributed by atoms with E-state index in [9.17, 15) is 9.90 Å². The fraction of sp³-hybridized carbons (Fsp3) is 0.455. The van der Waals surface area contributed by atoms with E-state index >= 15 is 0 Å². The van der Waals surface area contributed by atoms with Crippen LogP contribution in [0.2, 0.25) is 0 Å². The van der Waals surface area contributed by atoms with Gasteiger partial charge >= 0.3 is 5.97 Å². The third kappa shape index (κ3) is 1.62. The number of carboxylic acid groups (broad SMARTS) is 1. The molecule has 0 atom stereocenters. The number of hydrogen-bond donors (Lipinski definition) is 1. The van der Waals surface area contributed by atoms with Gasteiger partial charge in [-0.1, -0.05) is 6.07 Å². The van der Waals surface area contributed by atoms with Crippen LogP contribution in [-0.4, -0.2) is 31.3 Å². The first-order valence-corrected chi connectivity index (χ1v) is 6.64. The SMILES string of the molecule is O=C(O)C1(n2nnnc2Cc2cccs2)CCC1. The molecule has 0 amide bonds. The zero-order valence-electron chi connectivity index (χ0n) is 9.61. The molecule has 1 aliphatic carbocycles. The lowest BCUT2D eigenvalue weighted by molar-refractivity contribution is -0.153. The van der Waals surface area contributed by atoms with Crippen LogP contribution in [0.25, 0.3) is 0 Å². The highest BCUT2D eigenvalue weighted by molar-refractivity contribution is 7.09. The Labute approximate surface area is 107 Å². The molecule has 2 aromatic rings. The van der Waals surface area contributed by atoms with Gasteiger partial charge in [0.1, 0.15) is 0 Å². The minimum atomic E-state index is -0.921. The second-order valence-electron chi connectivity index (χ2n) is 4.45. The molecule has 0 aliphatic heterocycles. The molecule has 0 bridgehead atoms. The molecular weight excluding hydrogens is 252 g/mol. The van der Waals surface area contributed by atoms with Crippen molar-refractivity contribution in [3.63, 3.8) is 0 Å². The largest absolute Gasteiger partial charge is 0.479 e. The number of thiophene rings is 1. The molecule has 0 aromatic carbocycles. The lowest BCUT2D eigenvalue weighted by Crippen LogP contribution is -2.49. The van der Waals surface area contributed by atoms with E-state index in [0.29, 0.717) is 25.1 Å². The summed E-state index contributed by atoms with van der Waals surface area (Å²) in [6.45, 7) is 0. The highest BCUT2D eigenvalue weighted by atomic mass is 32.1. The molecule has 94 valence electrons. The molecule has 0 saturated heterocycles. The molecule has 0 unspecified atom stereocenters. The third-order valence-electron chi connectivity index (χ3n) is 3.43. The summed E-state index contributed by atoms with van der Waals surface area (Å²) in [5.41, 5.74) is -0.921. The van der Waals surface area contributed by atoms with Crippen molar-refractivity contribution >= 4 is 17.3 Å². The van der Waals surface area contributed by atoms with Gasteiger partial charge in [0.05, 0.1) is 0 Å². The van der Waals surface area contributed by atoms with Crippen molar-refractivity contribution in [2.75, 3.05) is 0 Å². The standard InChI is InChI=1S/C11H12N4O2S/c16-10(17)11(4-2-5-11)15-9(12-13-14-15)7-8-3-1-6-18-8/h1,3,6H,2,4-5,7H2,(H,16,17). The molecule has 1 saturated carbocycles. The van der Waals surface area contributed by atoms with Crippen molar-refractivity contribution in [2.24, 2.45) is 0 Å². The number of aromatic nitrogens is 4.